The quantitative estimate of drug-likeness (QED) is 0.504. The average molecular weight is 326 g/mol. The molecule has 0 saturated heterocycles. The van der Waals surface area contributed by atoms with E-state index in [0.717, 1.165) is 5.56 Å². The number of hydrogen-bond donors (Lipinski definition) is 1. The third-order valence-corrected chi connectivity index (χ3v) is 3.38. The Kier molecular flexibility index (Phi) is 5.31. The Morgan fingerprint density at radius 3 is 2.62 bits per heavy atom. The van der Waals surface area contributed by atoms with Crippen LogP contribution in [0.3, 0.4) is 0 Å². The molecule has 2 aromatic rings. The van der Waals surface area contributed by atoms with Crippen molar-refractivity contribution >= 4 is 29.4 Å². The van der Waals surface area contributed by atoms with Gasteiger partial charge in [0, 0.05) is 21.2 Å². The van der Waals surface area contributed by atoms with E-state index in [4.69, 9.17) is 37.9 Å². The predicted molar refractivity (Wildman–Crippen MR) is 83.2 cm³/mol. The summed E-state index contributed by atoms with van der Waals surface area (Å²) < 4.78 is 11.0. The Hall–Kier alpha value is -1.91. The van der Waals surface area contributed by atoms with Crippen molar-refractivity contribution in [3.63, 3.8) is 0 Å². The molecule has 0 heterocycles. The molecule has 1 N–H and O–H groups in total. The molecule has 0 aliphatic carbocycles. The molecule has 0 aromatic heterocycles. The predicted octanol–water partition coefficient (Wildman–Crippen LogP) is 4.39. The maximum atomic E-state index is 8.57. The van der Waals surface area contributed by atoms with Crippen LogP contribution in [0, 0.1) is 0 Å². The molecule has 0 unspecified atom stereocenters. The highest BCUT2D eigenvalue weighted by Gasteiger charge is 2.08. The zero-order valence-electron chi connectivity index (χ0n) is 11.2. The molecule has 2 rings (SSSR count). The molecule has 0 aliphatic rings. The molecular weight excluding hydrogens is 313 g/mol. The maximum Gasteiger partial charge on any atom is 0.162 e. The number of oxime groups is 1. The highest BCUT2D eigenvalue weighted by Crippen LogP contribution is 2.29. The molecule has 0 atom stereocenters. The fourth-order valence-electron chi connectivity index (χ4n) is 1.75. The first-order valence-corrected chi connectivity index (χ1v) is 6.82. The molecule has 0 amide bonds. The van der Waals surface area contributed by atoms with Crippen LogP contribution in [0.1, 0.15) is 11.1 Å². The largest absolute Gasteiger partial charge is 0.493 e. The lowest BCUT2D eigenvalue weighted by molar-refractivity contribution is 0.284. The van der Waals surface area contributed by atoms with Gasteiger partial charge in [-0.05, 0) is 30.3 Å². The van der Waals surface area contributed by atoms with Gasteiger partial charge in [-0.1, -0.05) is 34.4 Å². The van der Waals surface area contributed by atoms with Crippen LogP contribution in [0.4, 0.5) is 0 Å². The van der Waals surface area contributed by atoms with E-state index in [1.165, 1.54) is 6.21 Å². The molecule has 0 bridgehead atoms. The van der Waals surface area contributed by atoms with Gasteiger partial charge < -0.3 is 14.7 Å². The van der Waals surface area contributed by atoms with Gasteiger partial charge in [-0.3, -0.25) is 0 Å². The number of rotatable bonds is 5. The molecule has 0 fully saturated rings. The Bertz CT molecular complexity index is 659. The van der Waals surface area contributed by atoms with E-state index in [1.807, 2.05) is 0 Å². The monoisotopic (exact) mass is 325 g/mol. The van der Waals surface area contributed by atoms with Crippen LogP contribution in [-0.4, -0.2) is 18.5 Å². The minimum atomic E-state index is 0.270. The van der Waals surface area contributed by atoms with Crippen LogP contribution in [0.2, 0.25) is 10.0 Å². The van der Waals surface area contributed by atoms with Crippen LogP contribution in [0.5, 0.6) is 11.5 Å². The number of nitrogens with zero attached hydrogens (tertiary/aromatic N) is 1. The lowest BCUT2D eigenvalue weighted by Gasteiger charge is -2.12. The van der Waals surface area contributed by atoms with Gasteiger partial charge >= 0.3 is 0 Å². The second-order valence-corrected chi connectivity index (χ2v) is 5.02. The summed E-state index contributed by atoms with van der Waals surface area (Å²) in [5.74, 6) is 1.11. The van der Waals surface area contributed by atoms with E-state index < -0.39 is 0 Å². The lowest BCUT2D eigenvalue weighted by Crippen LogP contribution is -1.99. The maximum absolute atomic E-state index is 8.57. The molecule has 6 heteroatoms. The highest BCUT2D eigenvalue weighted by atomic mass is 35.5. The van der Waals surface area contributed by atoms with E-state index in [0.29, 0.717) is 27.1 Å². The van der Waals surface area contributed by atoms with Crippen LogP contribution >= 0.6 is 23.2 Å². The van der Waals surface area contributed by atoms with Crippen molar-refractivity contribution < 1.29 is 14.7 Å². The minimum absolute atomic E-state index is 0.270. The number of hydrogen-bond acceptors (Lipinski definition) is 4. The topological polar surface area (TPSA) is 51.0 Å². The molecule has 4 nitrogen and oxygen atoms in total. The average Bonchev–Trinajstić information content (AvgIpc) is 2.47. The lowest BCUT2D eigenvalue weighted by atomic mass is 10.2. The summed E-state index contributed by atoms with van der Waals surface area (Å²) in [6, 6.07) is 10.4. The van der Waals surface area contributed by atoms with Gasteiger partial charge in [0.15, 0.2) is 11.5 Å². The SMILES string of the molecule is COc1ccc(C=NO)cc1OCc1ccc(Cl)cc1Cl. The zero-order valence-corrected chi connectivity index (χ0v) is 12.7. The van der Waals surface area contributed by atoms with Crippen LogP contribution in [-0.2, 0) is 6.61 Å². The third kappa shape index (κ3) is 4.03. The molecule has 0 aliphatic heterocycles. The minimum Gasteiger partial charge on any atom is -0.493 e. The number of methoxy groups -OCH3 is 1. The summed E-state index contributed by atoms with van der Waals surface area (Å²) in [7, 11) is 1.55. The van der Waals surface area contributed by atoms with Gasteiger partial charge in [-0.15, -0.1) is 0 Å². The molecule has 2 aromatic carbocycles. The van der Waals surface area contributed by atoms with Crippen molar-refractivity contribution in [2.24, 2.45) is 5.16 Å². The molecule has 110 valence electrons. The van der Waals surface area contributed by atoms with Crippen molar-refractivity contribution in [1.82, 2.24) is 0 Å². The Morgan fingerprint density at radius 1 is 1.14 bits per heavy atom. The number of halogens is 2. The van der Waals surface area contributed by atoms with E-state index in [1.54, 1.807) is 43.5 Å². The van der Waals surface area contributed by atoms with E-state index in [-0.39, 0.29) is 6.61 Å². The van der Waals surface area contributed by atoms with E-state index in [2.05, 4.69) is 5.16 Å². The van der Waals surface area contributed by atoms with E-state index >= 15 is 0 Å². The van der Waals surface area contributed by atoms with Crippen LogP contribution < -0.4 is 9.47 Å². The summed E-state index contributed by atoms with van der Waals surface area (Å²) in [5.41, 5.74) is 1.50. The van der Waals surface area contributed by atoms with Crippen molar-refractivity contribution in [3.05, 3.63) is 57.6 Å². The second kappa shape index (κ2) is 7.20. The molecule has 0 saturated carbocycles. The normalized spacial score (nSPS) is 10.8. The Labute approximate surface area is 132 Å². The van der Waals surface area contributed by atoms with Crippen LogP contribution in [0.25, 0.3) is 0 Å². The molecular formula is C15H13Cl2NO3. The van der Waals surface area contributed by atoms with Gasteiger partial charge in [0.1, 0.15) is 6.61 Å². The second-order valence-electron chi connectivity index (χ2n) is 4.18. The highest BCUT2D eigenvalue weighted by molar-refractivity contribution is 6.35. The first-order chi connectivity index (χ1) is 10.1. The van der Waals surface area contributed by atoms with Gasteiger partial charge in [-0.25, -0.2) is 0 Å². The van der Waals surface area contributed by atoms with Crippen molar-refractivity contribution in [2.45, 2.75) is 6.61 Å². The molecule has 0 spiro atoms. The Morgan fingerprint density at radius 2 is 1.95 bits per heavy atom. The smallest absolute Gasteiger partial charge is 0.162 e. The van der Waals surface area contributed by atoms with Crippen LogP contribution in [0.15, 0.2) is 41.6 Å². The summed E-state index contributed by atoms with van der Waals surface area (Å²) in [4.78, 5) is 0. The van der Waals surface area contributed by atoms with Crippen molar-refractivity contribution in [1.29, 1.82) is 0 Å². The van der Waals surface area contributed by atoms with Gasteiger partial charge in [0.2, 0.25) is 0 Å². The number of benzene rings is 2. The zero-order chi connectivity index (χ0) is 15.2. The van der Waals surface area contributed by atoms with Gasteiger partial charge in [0.05, 0.1) is 13.3 Å². The summed E-state index contributed by atoms with van der Waals surface area (Å²) in [6.07, 6.45) is 1.31. The van der Waals surface area contributed by atoms with Crippen molar-refractivity contribution in [3.8, 4) is 11.5 Å². The fraction of sp³-hybridized carbons (Fsp3) is 0.133. The molecule has 0 radical (unpaired) electrons. The van der Waals surface area contributed by atoms with Gasteiger partial charge in [0.25, 0.3) is 0 Å². The molecule has 21 heavy (non-hydrogen) atoms. The Balaban J connectivity index is 2.20. The van der Waals surface area contributed by atoms with E-state index in [9.17, 15) is 0 Å². The summed E-state index contributed by atoms with van der Waals surface area (Å²) in [6.45, 7) is 0.270. The standard InChI is InChI=1S/C15H13Cl2NO3/c1-20-14-5-2-10(8-18-19)6-15(14)21-9-11-3-4-12(16)7-13(11)17/h2-8,19H,9H2,1H3. The van der Waals surface area contributed by atoms with Gasteiger partial charge in [-0.2, -0.15) is 0 Å². The first-order valence-electron chi connectivity index (χ1n) is 6.06. The van der Waals surface area contributed by atoms with Crippen molar-refractivity contribution in [2.75, 3.05) is 7.11 Å². The number of ether oxygens (including phenoxy) is 2. The summed E-state index contributed by atoms with van der Waals surface area (Å²) in [5, 5.41) is 12.7. The fourth-order valence-corrected chi connectivity index (χ4v) is 2.21. The third-order valence-electron chi connectivity index (χ3n) is 2.79. The summed E-state index contributed by atoms with van der Waals surface area (Å²) >= 11 is 12.0. The first kappa shape index (κ1) is 15.5.